The van der Waals surface area contributed by atoms with Crippen LogP contribution in [0.1, 0.15) is 36.1 Å². The normalized spacial score (nSPS) is 11.7. The van der Waals surface area contributed by atoms with E-state index in [9.17, 15) is 9.59 Å². The van der Waals surface area contributed by atoms with Gasteiger partial charge in [0.15, 0.2) is 6.61 Å². The predicted octanol–water partition coefficient (Wildman–Crippen LogP) is 4.85. The van der Waals surface area contributed by atoms with Gasteiger partial charge in [-0.3, -0.25) is 9.59 Å². The van der Waals surface area contributed by atoms with Gasteiger partial charge >= 0.3 is 0 Å². The topological polar surface area (TPSA) is 58.6 Å². The van der Waals surface area contributed by atoms with Crippen molar-refractivity contribution < 1.29 is 14.3 Å². The molecule has 1 N–H and O–H groups in total. The molecule has 0 radical (unpaired) electrons. The Morgan fingerprint density at radius 1 is 1.13 bits per heavy atom. The van der Waals surface area contributed by atoms with Crippen LogP contribution in [0.4, 0.5) is 0 Å². The number of carbonyl (C=O) groups is 2. The summed E-state index contributed by atoms with van der Waals surface area (Å²) in [6.45, 7) is 9.80. The van der Waals surface area contributed by atoms with E-state index in [0.29, 0.717) is 27.9 Å². The molecule has 0 bridgehead atoms. The average Bonchev–Trinajstić information content (AvgIpc) is 2.69. The van der Waals surface area contributed by atoms with Crippen LogP contribution in [0, 0.1) is 20.8 Å². The Kier molecular flexibility index (Phi) is 8.56. The number of likely N-dealkylation sites (N-methyl/N-ethyl adjacent to an activating group) is 1. The van der Waals surface area contributed by atoms with E-state index in [-0.39, 0.29) is 25.0 Å². The van der Waals surface area contributed by atoms with Crippen LogP contribution in [0.3, 0.4) is 0 Å². The van der Waals surface area contributed by atoms with Crippen LogP contribution in [0.25, 0.3) is 0 Å². The maximum atomic E-state index is 13.1. The van der Waals surface area contributed by atoms with Crippen molar-refractivity contribution in [2.45, 2.75) is 47.2 Å². The zero-order chi connectivity index (χ0) is 22.4. The second-order valence-electron chi connectivity index (χ2n) is 7.29. The molecule has 0 heterocycles. The Bertz CT molecular complexity index is 911. The monoisotopic (exact) mass is 450 g/mol. The fourth-order valence-electron chi connectivity index (χ4n) is 3.13. The number of hydrogen-bond acceptors (Lipinski definition) is 3. The predicted molar refractivity (Wildman–Crippen MR) is 121 cm³/mol. The molecule has 2 rings (SSSR count). The van der Waals surface area contributed by atoms with Crippen molar-refractivity contribution >= 4 is 35.0 Å². The van der Waals surface area contributed by atoms with Crippen LogP contribution in [-0.2, 0) is 16.1 Å². The lowest BCUT2D eigenvalue weighted by Crippen LogP contribution is -2.49. The quantitative estimate of drug-likeness (QED) is 0.624. The minimum Gasteiger partial charge on any atom is -0.483 e. The van der Waals surface area contributed by atoms with Crippen LogP contribution < -0.4 is 10.1 Å². The average molecular weight is 451 g/mol. The van der Waals surface area contributed by atoms with Crippen LogP contribution in [0.15, 0.2) is 30.3 Å². The molecule has 7 heteroatoms. The molecule has 1 atom stereocenters. The number of carbonyl (C=O) groups excluding carboxylic acids is 2. The second kappa shape index (κ2) is 10.7. The molecule has 0 saturated carbocycles. The molecular weight excluding hydrogens is 423 g/mol. The first-order valence-electron chi connectivity index (χ1n) is 9.86. The first-order chi connectivity index (χ1) is 14.1. The fourth-order valence-corrected chi connectivity index (χ4v) is 3.65. The van der Waals surface area contributed by atoms with Crippen molar-refractivity contribution in [2.75, 3.05) is 13.2 Å². The number of nitrogens with one attached hydrogen (secondary N) is 1. The van der Waals surface area contributed by atoms with E-state index in [2.05, 4.69) is 11.4 Å². The van der Waals surface area contributed by atoms with Crippen LogP contribution in [0.2, 0.25) is 10.0 Å². The highest BCUT2D eigenvalue weighted by Gasteiger charge is 2.27. The molecule has 0 unspecified atom stereocenters. The molecule has 0 aliphatic rings. The molecule has 2 aromatic rings. The summed E-state index contributed by atoms with van der Waals surface area (Å²) in [6.07, 6.45) is 0. The van der Waals surface area contributed by atoms with Gasteiger partial charge in [-0.15, -0.1) is 0 Å². The van der Waals surface area contributed by atoms with Crippen molar-refractivity contribution in [3.05, 3.63) is 62.6 Å². The molecule has 0 spiro atoms. The minimum atomic E-state index is -0.714. The summed E-state index contributed by atoms with van der Waals surface area (Å²) < 4.78 is 5.84. The highest BCUT2D eigenvalue weighted by atomic mass is 35.5. The first kappa shape index (κ1) is 24.0. The maximum absolute atomic E-state index is 13.1. The summed E-state index contributed by atoms with van der Waals surface area (Å²) in [5.41, 5.74) is 3.71. The van der Waals surface area contributed by atoms with E-state index >= 15 is 0 Å². The summed E-state index contributed by atoms with van der Waals surface area (Å²) in [4.78, 5) is 27.0. The van der Waals surface area contributed by atoms with Gasteiger partial charge in [0.25, 0.3) is 5.91 Å². The Morgan fingerprint density at radius 2 is 1.77 bits per heavy atom. The van der Waals surface area contributed by atoms with Crippen molar-refractivity contribution in [1.29, 1.82) is 0 Å². The summed E-state index contributed by atoms with van der Waals surface area (Å²) in [7, 11) is 0. The third-order valence-electron chi connectivity index (χ3n) is 5.02. The van der Waals surface area contributed by atoms with E-state index in [1.807, 2.05) is 33.8 Å². The summed E-state index contributed by atoms with van der Waals surface area (Å²) >= 11 is 12.6. The highest BCUT2D eigenvalue weighted by molar-refractivity contribution is 6.36. The molecule has 0 aromatic heterocycles. The van der Waals surface area contributed by atoms with Crippen LogP contribution >= 0.6 is 23.2 Å². The lowest BCUT2D eigenvalue weighted by Gasteiger charge is -2.29. The number of amides is 2. The van der Waals surface area contributed by atoms with Crippen molar-refractivity contribution in [3.8, 4) is 5.75 Å². The van der Waals surface area contributed by atoms with Gasteiger partial charge in [-0.05, 0) is 69.5 Å². The number of benzene rings is 2. The van der Waals surface area contributed by atoms with Gasteiger partial charge in [0.2, 0.25) is 5.91 Å². The summed E-state index contributed by atoms with van der Waals surface area (Å²) in [5, 5.41) is 3.63. The maximum Gasteiger partial charge on any atom is 0.261 e. The van der Waals surface area contributed by atoms with Crippen molar-refractivity contribution in [1.82, 2.24) is 10.2 Å². The summed E-state index contributed by atoms with van der Waals surface area (Å²) in [6, 6.07) is 8.40. The molecule has 0 saturated heterocycles. The lowest BCUT2D eigenvalue weighted by molar-refractivity contribution is -0.142. The van der Waals surface area contributed by atoms with E-state index in [4.69, 9.17) is 27.9 Å². The molecule has 5 nitrogen and oxygen atoms in total. The zero-order valence-electron chi connectivity index (χ0n) is 18.0. The number of rotatable bonds is 8. The zero-order valence-corrected chi connectivity index (χ0v) is 19.5. The van der Waals surface area contributed by atoms with E-state index < -0.39 is 6.04 Å². The standard InChI is InChI=1S/C23H28Cl2N2O3/c1-6-26-23(29)17(5)27(12-18-19(24)8-7-9-20(18)25)22(28)13-30-21-11-14(2)10-15(3)16(21)4/h7-11,17H,6,12-13H2,1-5H3,(H,26,29)/t17-/m1/s1. The Labute approximate surface area is 188 Å². The molecule has 0 aliphatic heterocycles. The SMILES string of the molecule is CCNC(=O)[C@@H](C)N(Cc1c(Cl)cccc1Cl)C(=O)COc1cc(C)cc(C)c1C. The number of halogens is 2. The number of nitrogens with zero attached hydrogens (tertiary/aromatic N) is 1. The molecule has 2 aromatic carbocycles. The fraction of sp³-hybridized carbons (Fsp3) is 0.391. The van der Waals surface area contributed by atoms with E-state index in [1.165, 1.54) is 4.90 Å². The van der Waals surface area contributed by atoms with Gasteiger partial charge in [0.1, 0.15) is 11.8 Å². The Hall–Kier alpha value is -2.24. The van der Waals surface area contributed by atoms with Crippen LogP contribution in [-0.4, -0.2) is 35.9 Å². The highest BCUT2D eigenvalue weighted by Crippen LogP contribution is 2.27. The second-order valence-corrected chi connectivity index (χ2v) is 8.10. The molecular formula is C23H28Cl2N2O3. The first-order valence-corrected chi connectivity index (χ1v) is 10.6. The number of aryl methyl sites for hydroxylation is 2. The largest absolute Gasteiger partial charge is 0.483 e. The van der Waals surface area contributed by atoms with Crippen LogP contribution in [0.5, 0.6) is 5.75 Å². The minimum absolute atomic E-state index is 0.102. The lowest BCUT2D eigenvalue weighted by atomic mass is 10.1. The van der Waals surface area contributed by atoms with Gasteiger partial charge in [0, 0.05) is 28.7 Å². The van der Waals surface area contributed by atoms with E-state index in [0.717, 1.165) is 16.7 Å². The van der Waals surface area contributed by atoms with Crippen molar-refractivity contribution in [3.63, 3.8) is 0 Å². The molecule has 0 aliphatic carbocycles. The number of ether oxygens (including phenoxy) is 1. The molecule has 162 valence electrons. The molecule has 0 fully saturated rings. The van der Waals surface area contributed by atoms with Gasteiger partial charge in [-0.2, -0.15) is 0 Å². The summed E-state index contributed by atoms with van der Waals surface area (Å²) in [5.74, 6) is 0.0714. The Balaban J connectivity index is 2.27. The smallest absolute Gasteiger partial charge is 0.261 e. The van der Waals surface area contributed by atoms with Gasteiger partial charge in [-0.1, -0.05) is 35.3 Å². The third-order valence-corrected chi connectivity index (χ3v) is 5.73. The van der Waals surface area contributed by atoms with Gasteiger partial charge < -0.3 is 15.0 Å². The van der Waals surface area contributed by atoms with Gasteiger partial charge in [0.05, 0.1) is 0 Å². The number of hydrogen-bond donors (Lipinski definition) is 1. The van der Waals surface area contributed by atoms with Crippen molar-refractivity contribution in [2.24, 2.45) is 0 Å². The Morgan fingerprint density at radius 3 is 2.37 bits per heavy atom. The third kappa shape index (κ3) is 5.89. The molecule has 30 heavy (non-hydrogen) atoms. The van der Waals surface area contributed by atoms with E-state index in [1.54, 1.807) is 25.1 Å². The molecule has 2 amide bonds. The van der Waals surface area contributed by atoms with Gasteiger partial charge in [-0.25, -0.2) is 0 Å².